The minimum absolute atomic E-state index is 0.105. The first kappa shape index (κ1) is 13.3. The highest BCUT2D eigenvalue weighted by Gasteiger charge is 2.17. The normalized spacial score (nSPS) is 12.4. The Hall–Kier alpha value is -2.14. The van der Waals surface area contributed by atoms with Crippen LogP contribution in [0.25, 0.3) is 11.4 Å². The van der Waals surface area contributed by atoms with E-state index in [-0.39, 0.29) is 11.8 Å². The van der Waals surface area contributed by atoms with Gasteiger partial charge in [0.15, 0.2) is 0 Å². The third-order valence-electron chi connectivity index (χ3n) is 2.92. The number of carbonyl (C=O) groups is 1. The summed E-state index contributed by atoms with van der Waals surface area (Å²) in [6.45, 7) is 3.84. The minimum atomic E-state index is -0.507. The van der Waals surface area contributed by atoms with Crippen LogP contribution in [0.4, 0.5) is 5.69 Å². The van der Waals surface area contributed by atoms with E-state index in [1.165, 1.54) is 0 Å². The van der Waals surface area contributed by atoms with Crippen molar-refractivity contribution in [2.45, 2.75) is 19.9 Å². The molecule has 2 aromatic rings. The number of amides is 1. The van der Waals surface area contributed by atoms with Gasteiger partial charge in [0.2, 0.25) is 5.91 Å². The van der Waals surface area contributed by atoms with Crippen molar-refractivity contribution in [3.63, 3.8) is 0 Å². The molecular weight excluding hydrogens is 240 g/mol. The molecular formula is C14H18N4O. The Labute approximate surface area is 112 Å². The zero-order valence-corrected chi connectivity index (χ0v) is 11.1. The molecule has 5 nitrogen and oxygen atoms in total. The fraction of sp³-hybridized carbons (Fsp3) is 0.286. The Kier molecular flexibility index (Phi) is 3.97. The van der Waals surface area contributed by atoms with E-state index in [9.17, 15) is 4.79 Å². The molecule has 0 bridgehead atoms. The second-order valence-electron chi connectivity index (χ2n) is 4.78. The number of hydrogen-bond acceptors (Lipinski definition) is 3. The zero-order chi connectivity index (χ0) is 13.8. The van der Waals surface area contributed by atoms with Crippen molar-refractivity contribution in [1.82, 2.24) is 9.97 Å². The van der Waals surface area contributed by atoms with Gasteiger partial charge in [0, 0.05) is 23.6 Å². The molecule has 0 saturated carbocycles. The molecule has 0 radical (unpaired) electrons. The van der Waals surface area contributed by atoms with Crippen LogP contribution in [0.1, 0.15) is 13.8 Å². The number of anilines is 1. The standard InChI is InChI=1S/C14H18N4O/c1-9(2)12(15)14(19)18-11-5-3-4-10(8-11)13-16-6-7-17-13/h3-9,12H,15H2,1-2H3,(H,16,17)(H,18,19)/t12-/m0/s1. The molecule has 1 heterocycles. The van der Waals surface area contributed by atoms with Gasteiger partial charge in [0.1, 0.15) is 5.82 Å². The van der Waals surface area contributed by atoms with E-state index in [0.29, 0.717) is 0 Å². The number of aromatic amines is 1. The largest absolute Gasteiger partial charge is 0.345 e. The summed E-state index contributed by atoms with van der Waals surface area (Å²) in [7, 11) is 0. The van der Waals surface area contributed by atoms with Crippen LogP contribution in [-0.2, 0) is 4.79 Å². The lowest BCUT2D eigenvalue weighted by Crippen LogP contribution is -2.39. The maximum absolute atomic E-state index is 11.9. The average Bonchev–Trinajstić information content (AvgIpc) is 2.91. The van der Waals surface area contributed by atoms with Crippen LogP contribution in [0.5, 0.6) is 0 Å². The van der Waals surface area contributed by atoms with E-state index in [2.05, 4.69) is 15.3 Å². The van der Waals surface area contributed by atoms with Crippen molar-refractivity contribution in [1.29, 1.82) is 0 Å². The summed E-state index contributed by atoms with van der Waals surface area (Å²) in [6.07, 6.45) is 3.45. The molecule has 0 aliphatic rings. The van der Waals surface area contributed by atoms with Gasteiger partial charge in [-0.05, 0) is 18.1 Å². The second-order valence-corrected chi connectivity index (χ2v) is 4.78. The van der Waals surface area contributed by atoms with Gasteiger partial charge in [-0.1, -0.05) is 26.0 Å². The number of imidazole rings is 1. The molecule has 1 aromatic carbocycles. The summed E-state index contributed by atoms with van der Waals surface area (Å²) >= 11 is 0. The Bertz CT molecular complexity index is 548. The van der Waals surface area contributed by atoms with Gasteiger partial charge in [-0.3, -0.25) is 4.79 Å². The van der Waals surface area contributed by atoms with Gasteiger partial charge in [0.25, 0.3) is 0 Å². The molecule has 1 aromatic heterocycles. The average molecular weight is 258 g/mol. The van der Waals surface area contributed by atoms with Crippen LogP contribution >= 0.6 is 0 Å². The SMILES string of the molecule is CC(C)[C@H](N)C(=O)Nc1cccc(-c2ncc[nH]2)c1. The smallest absolute Gasteiger partial charge is 0.241 e. The van der Waals surface area contributed by atoms with Gasteiger partial charge in [-0.2, -0.15) is 0 Å². The number of benzene rings is 1. The van der Waals surface area contributed by atoms with Crippen molar-refractivity contribution >= 4 is 11.6 Å². The molecule has 5 heteroatoms. The Morgan fingerprint density at radius 2 is 2.21 bits per heavy atom. The monoisotopic (exact) mass is 258 g/mol. The number of nitrogens with two attached hydrogens (primary N) is 1. The van der Waals surface area contributed by atoms with E-state index in [0.717, 1.165) is 17.1 Å². The van der Waals surface area contributed by atoms with Gasteiger partial charge >= 0.3 is 0 Å². The first-order chi connectivity index (χ1) is 9.08. The number of aromatic nitrogens is 2. The predicted octanol–water partition coefficient (Wildman–Crippen LogP) is 2.00. The van der Waals surface area contributed by atoms with Crippen LogP contribution in [-0.4, -0.2) is 21.9 Å². The number of nitrogens with zero attached hydrogens (tertiary/aromatic N) is 1. The summed E-state index contributed by atoms with van der Waals surface area (Å²) in [5, 5.41) is 2.82. The zero-order valence-electron chi connectivity index (χ0n) is 11.1. The van der Waals surface area contributed by atoms with Crippen molar-refractivity contribution in [2.24, 2.45) is 11.7 Å². The number of carbonyl (C=O) groups excluding carboxylic acids is 1. The fourth-order valence-electron chi connectivity index (χ4n) is 1.70. The Morgan fingerprint density at radius 1 is 1.42 bits per heavy atom. The highest BCUT2D eigenvalue weighted by molar-refractivity contribution is 5.95. The van der Waals surface area contributed by atoms with E-state index in [1.54, 1.807) is 12.4 Å². The lowest BCUT2D eigenvalue weighted by atomic mass is 10.0. The van der Waals surface area contributed by atoms with Gasteiger partial charge in [0.05, 0.1) is 6.04 Å². The Balaban J connectivity index is 2.14. The lowest BCUT2D eigenvalue weighted by Gasteiger charge is -2.15. The van der Waals surface area contributed by atoms with Crippen LogP contribution in [0.2, 0.25) is 0 Å². The highest BCUT2D eigenvalue weighted by Crippen LogP contribution is 2.19. The van der Waals surface area contributed by atoms with Crippen molar-refractivity contribution < 1.29 is 4.79 Å². The fourth-order valence-corrected chi connectivity index (χ4v) is 1.70. The number of hydrogen-bond donors (Lipinski definition) is 3. The first-order valence-electron chi connectivity index (χ1n) is 6.24. The summed E-state index contributed by atoms with van der Waals surface area (Å²) < 4.78 is 0. The lowest BCUT2D eigenvalue weighted by molar-refractivity contribution is -0.118. The van der Waals surface area contributed by atoms with E-state index >= 15 is 0 Å². The summed E-state index contributed by atoms with van der Waals surface area (Å²) in [5.41, 5.74) is 7.45. The van der Waals surface area contributed by atoms with E-state index in [4.69, 9.17) is 5.73 Å². The molecule has 1 atom stereocenters. The molecule has 0 spiro atoms. The quantitative estimate of drug-likeness (QED) is 0.784. The molecule has 2 rings (SSSR count). The molecule has 0 aliphatic heterocycles. The van der Waals surface area contributed by atoms with Crippen LogP contribution in [0, 0.1) is 5.92 Å². The Morgan fingerprint density at radius 3 is 2.84 bits per heavy atom. The number of H-pyrrole nitrogens is 1. The molecule has 100 valence electrons. The molecule has 0 aliphatic carbocycles. The predicted molar refractivity (Wildman–Crippen MR) is 75.5 cm³/mol. The number of rotatable bonds is 4. The molecule has 4 N–H and O–H groups in total. The number of nitrogens with one attached hydrogen (secondary N) is 2. The van der Waals surface area contributed by atoms with E-state index < -0.39 is 6.04 Å². The maximum atomic E-state index is 11.9. The molecule has 1 amide bonds. The molecule has 19 heavy (non-hydrogen) atoms. The van der Waals surface area contributed by atoms with Crippen molar-refractivity contribution in [3.8, 4) is 11.4 Å². The molecule has 0 fully saturated rings. The van der Waals surface area contributed by atoms with Crippen LogP contribution in [0.3, 0.4) is 0 Å². The third-order valence-corrected chi connectivity index (χ3v) is 2.92. The topological polar surface area (TPSA) is 83.8 Å². The van der Waals surface area contributed by atoms with Crippen LogP contribution in [0.15, 0.2) is 36.7 Å². The molecule has 0 saturated heterocycles. The van der Waals surface area contributed by atoms with Crippen molar-refractivity contribution in [3.05, 3.63) is 36.7 Å². The van der Waals surface area contributed by atoms with Crippen molar-refractivity contribution in [2.75, 3.05) is 5.32 Å². The second kappa shape index (κ2) is 5.67. The van der Waals surface area contributed by atoms with Gasteiger partial charge in [-0.25, -0.2) is 4.98 Å². The maximum Gasteiger partial charge on any atom is 0.241 e. The third kappa shape index (κ3) is 3.20. The van der Waals surface area contributed by atoms with Gasteiger partial charge in [-0.15, -0.1) is 0 Å². The summed E-state index contributed by atoms with van der Waals surface area (Å²) in [6, 6.07) is 6.99. The highest BCUT2D eigenvalue weighted by atomic mass is 16.2. The first-order valence-corrected chi connectivity index (χ1v) is 6.24. The van der Waals surface area contributed by atoms with E-state index in [1.807, 2.05) is 38.1 Å². The summed E-state index contributed by atoms with van der Waals surface area (Å²) in [5.74, 6) is 0.698. The summed E-state index contributed by atoms with van der Waals surface area (Å²) in [4.78, 5) is 19.1. The van der Waals surface area contributed by atoms with Crippen LogP contribution < -0.4 is 11.1 Å². The van der Waals surface area contributed by atoms with Gasteiger partial charge < -0.3 is 16.0 Å². The minimum Gasteiger partial charge on any atom is -0.345 e. The molecule has 0 unspecified atom stereocenters.